The van der Waals surface area contributed by atoms with Crippen LogP contribution in [0.25, 0.3) is 86.8 Å². The van der Waals surface area contributed by atoms with Crippen molar-refractivity contribution in [1.82, 2.24) is 27.3 Å². The molecule has 2 fully saturated rings. The molecule has 0 bridgehead atoms. The molecule has 484 valence electrons. The average Bonchev–Trinajstić information content (AvgIpc) is 1.53. The third-order valence-corrected chi connectivity index (χ3v) is 27.4. The van der Waals surface area contributed by atoms with Gasteiger partial charge in [0.15, 0.2) is 0 Å². The van der Waals surface area contributed by atoms with Crippen LogP contribution in [0.2, 0.25) is 0 Å². The van der Waals surface area contributed by atoms with E-state index in [9.17, 15) is 9.59 Å². The first-order chi connectivity index (χ1) is 44.7. The van der Waals surface area contributed by atoms with Gasteiger partial charge in [-0.15, -0.1) is 22.7 Å². The van der Waals surface area contributed by atoms with Crippen molar-refractivity contribution in [2.75, 3.05) is 13.1 Å². The number of thiophene rings is 2. The van der Waals surface area contributed by atoms with Crippen molar-refractivity contribution in [3.8, 4) is 41.8 Å². The number of aromatic nitrogens is 4. The van der Waals surface area contributed by atoms with E-state index in [0.29, 0.717) is 55.2 Å². The van der Waals surface area contributed by atoms with Gasteiger partial charge in [0, 0.05) is 65.7 Å². The van der Waals surface area contributed by atoms with Crippen LogP contribution >= 0.6 is 94.1 Å². The number of carbonyl (C=O) groups excluding carboxylic acids is 2. The first-order valence-corrected chi connectivity index (χ1v) is 40.2. The van der Waals surface area contributed by atoms with E-state index in [1.807, 2.05) is 48.7 Å². The summed E-state index contributed by atoms with van der Waals surface area (Å²) < 4.78 is 21.2. The molecule has 4 aromatic heterocycles. The first kappa shape index (κ1) is 67.5. The first-order valence-electron chi connectivity index (χ1n) is 34.7. The highest BCUT2D eigenvalue weighted by atomic mass is 32.2. The van der Waals surface area contributed by atoms with E-state index >= 15 is 0 Å². The van der Waals surface area contributed by atoms with Crippen LogP contribution < -0.4 is 0 Å². The zero-order valence-electron chi connectivity index (χ0n) is 55.6. The molecule has 0 spiro atoms. The molecule has 2 aliphatic carbocycles. The van der Waals surface area contributed by atoms with Gasteiger partial charge in [0.1, 0.15) is 30.7 Å². The minimum absolute atomic E-state index is 0.0408. The number of thiocarbonyl (C=S) groups is 2. The van der Waals surface area contributed by atoms with Crippen molar-refractivity contribution in [2.24, 2.45) is 23.7 Å². The Kier molecular flexibility index (Phi) is 21.3. The Balaban J connectivity index is 1.07. The van der Waals surface area contributed by atoms with Gasteiger partial charge in [0.05, 0.1) is 33.3 Å². The normalized spacial score (nSPS) is 20.1. The average molecular weight is 1380 g/mol. The predicted molar refractivity (Wildman–Crippen MR) is 408 cm³/mol. The summed E-state index contributed by atoms with van der Waals surface area (Å²) in [6, 6.07) is 24.8. The van der Waals surface area contributed by atoms with Crippen LogP contribution in [0, 0.1) is 23.7 Å². The van der Waals surface area contributed by atoms with Gasteiger partial charge in [0.25, 0.3) is 11.8 Å². The molecule has 8 nitrogen and oxygen atoms in total. The summed E-state index contributed by atoms with van der Waals surface area (Å²) in [5.74, 6) is 2.24. The minimum Gasteiger partial charge on any atom is -0.293 e. The van der Waals surface area contributed by atoms with Crippen molar-refractivity contribution in [3.05, 3.63) is 104 Å². The summed E-state index contributed by atoms with van der Waals surface area (Å²) in [5, 5.41) is 2.70. The standard InChI is InChI=1S/C76H90N6O2S8/c1-11-21-25-45(15-5)41-75(42-46(16-6)26-22-12-2)57-35-51-34-56-58(36-52(51)33-55(57)69-59(75)39-61(87-69)53-31-29-49(65-67(53)79-91-77-65)37-63-71(83)81(19-9)73(85)89-63)76(43-47(17-7)27-23-13-3,44-48(18-8)28-24-14-4)60-40-62(88-70(56)60)54-32-30-50(66-68(54)80-92-78-66)38-64-72(84)82(20-10)74(86)90-64/h29-40,45-48H,11-28,41-44H2,1-10H3/b63-37-,64-38-. The van der Waals surface area contributed by atoms with E-state index in [1.165, 1.54) is 188 Å². The minimum atomic E-state index is -0.185. The van der Waals surface area contributed by atoms with Crippen LogP contribution in [-0.2, 0) is 20.4 Å². The van der Waals surface area contributed by atoms with Crippen molar-refractivity contribution in [1.29, 1.82) is 0 Å². The van der Waals surface area contributed by atoms with E-state index in [0.717, 1.165) is 95.7 Å². The lowest BCUT2D eigenvalue weighted by Crippen LogP contribution is -2.31. The van der Waals surface area contributed by atoms with Gasteiger partial charge in [-0.05, 0) is 156 Å². The summed E-state index contributed by atoms with van der Waals surface area (Å²) in [6.45, 7) is 24.3. The Morgan fingerprint density at radius 2 is 0.793 bits per heavy atom. The van der Waals surface area contributed by atoms with Crippen LogP contribution in [0.5, 0.6) is 0 Å². The number of hydrogen-bond donors (Lipinski definition) is 0. The van der Waals surface area contributed by atoms with E-state index in [4.69, 9.17) is 41.9 Å². The molecule has 2 amide bonds. The molecule has 0 saturated carbocycles. The Morgan fingerprint density at radius 1 is 0.446 bits per heavy atom. The summed E-state index contributed by atoms with van der Waals surface area (Å²) in [7, 11) is 0. The van der Waals surface area contributed by atoms with Crippen molar-refractivity contribution in [2.45, 2.75) is 208 Å². The topological polar surface area (TPSA) is 92.2 Å². The Bertz CT molecular complexity index is 3860. The fourth-order valence-corrected chi connectivity index (χ4v) is 22.5. The van der Waals surface area contributed by atoms with Crippen LogP contribution in [0.15, 0.2) is 70.5 Å². The number of thioether (sulfide) groups is 2. The molecule has 0 radical (unpaired) electrons. The van der Waals surface area contributed by atoms with E-state index in [2.05, 4.69) is 116 Å². The fourth-order valence-electron chi connectivity index (χ4n) is 16.0. The van der Waals surface area contributed by atoms with E-state index in [1.54, 1.807) is 9.80 Å². The number of unbranched alkanes of at least 4 members (excludes halogenated alkanes) is 4. The predicted octanol–water partition coefficient (Wildman–Crippen LogP) is 23.7. The molecule has 92 heavy (non-hydrogen) atoms. The smallest absolute Gasteiger partial charge is 0.266 e. The quantitative estimate of drug-likeness (QED) is 0.0320. The van der Waals surface area contributed by atoms with Crippen molar-refractivity contribution >= 4 is 160 Å². The summed E-state index contributed by atoms with van der Waals surface area (Å²) in [5.41, 5.74) is 16.1. The second kappa shape index (κ2) is 29.1. The Labute approximate surface area is 582 Å². The molecule has 12 rings (SSSR count). The number of rotatable bonds is 30. The van der Waals surface area contributed by atoms with Crippen LogP contribution in [-0.4, -0.2) is 60.8 Å². The maximum atomic E-state index is 13.5. The lowest BCUT2D eigenvalue weighted by atomic mass is 9.64. The monoisotopic (exact) mass is 1370 g/mol. The molecular formula is C76H90N6O2S8. The van der Waals surface area contributed by atoms with Crippen molar-refractivity contribution < 1.29 is 9.59 Å². The molecule has 6 heterocycles. The molecule has 0 N–H and O–H groups in total. The molecule has 2 aliphatic heterocycles. The van der Waals surface area contributed by atoms with Gasteiger partial charge in [-0.25, -0.2) is 0 Å². The SMILES string of the molecule is CCCCC(CC)CC1(CC(CC)CCCC)c2cc3cc4c(cc3cc2-c2sc(-c3ccc(/C=C5\SC(=S)N(CC)C5=O)c5nsnc35)cc21)C(CC(CC)CCCC)(CC(CC)CCCC)c1cc(-c2ccc(/C=C3\SC(=S)N(CC)C3=O)c3nsnc23)sc1-4. The lowest BCUT2D eigenvalue weighted by Gasteiger charge is -2.39. The largest absolute Gasteiger partial charge is 0.293 e. The third-order valence-electron chi connectivity index (χ3n) is 21.2. The van der Waals surface area contributed by atoms with Gasteiger partial charge in [-0.1, -0.05) is 230 Å². The van der Waals surface area contributed by atoms with Crippen LogP contribution in [0.1, 0.15) is 231 Å². The zero-order valence-corrected chi connectivity index (χ0v) is 62.1. The molecule has 4 aromatic carbocycles. The van der Waals surface area contributed by atoms with Gasteiger partial charge in [-0.3, -0.25) is 19.4 Å². The number of amides is 2. The Morgan fingerprint density at radius 3 is 1.11 bits per heavy atom. The number of fused-ring (bicyclic) bond motifs is 9. The lowest BCUT2D eigenvalue weighted by molar-refractivity contribution is -0.122. The summed E-state index contributed by atoms with van der Waals surface area (Å²) in [4.78, 5) is 37.0. The maximum Gasteiger partial charge on any atom is 0.266 e. The highest BCUT2D eigenvalue weighted by molar-refractivity contribution is 8.27. The molecule has 4 atom stereocenters. The number of hydrogen-bond acceptors (Lipinski definition) is 14. The number of carbonyl (C=O) groups is 2. The molecule has 16 heteroatoms. The summed E-state index contributed by atoms with van der Waals surface area (Å²) in [6.07, 6.45) is 27.8. The van der Waals surface area contributed by atoms with Gasteiger partial charge in [0.2, 0.25) is 0 Å². The number of nitrogens with zero attached hydrogens (tertiary/aromatic N) is 6. The summed E-state index contributed by atoms with van der Waals surface area (Å²) >= 11 is 20.5. The fraction of sp³-hybridized carbons (Fsp3) is 0.500. The maximum absolute atomic E-state index is 13.5. The highest BCUT2D eigenvalue weighted by Gasteiger charge is 2.50. The molecule has 2 saturated heterocycles. The van der Waals surface area contributed by atoms with Crippen molar-refractivity contribution in [3.63, 3.8) is 0 Å². The number of likely N-dealkylation sites (N-methyl/N-ethyl adjacent to an activating group) is 2. The zero-order chi connectivity index (χ0) is 64.6. The molecule has 8 aromatic rings. The second-order valence-corrected chi connectivity index (χ2v) is 33.2. The van der Waals surface area contributed by atoms with E-state index in [-0.39, 0.29) is 22.6 Å². The molecule has 4 aliphatic rings. The second-order valence-electron chi connectivity index (χ2n) is 26.7. The van der Waals surface area contributed by atoms with Gasteiger partial charge >= 0.3 is 0 Å². The Hall–Kier alpha value is -4.52. The molecular weight excluding hydrogens is 1290 g/mol. The highest BCUT2D eigenvalue weighted by Crippen LogP contribution is 2.64. The number of benzene rings is 4. The van der Waals surface area contributed by atoms with Crippen LogP contribution in [0.3, 0.4) is 0 Å². The third kappa shape index (κ3) is 12.4. The van der Waals surface area contributed by atoms with Crippen LogP contribution in [0.4, 0.5) is 0 Å². The van der Waals surface area contributed by atoms with Gasteiger partial charge in [-0.2, -0.15) is 17.5 Å². The van der Waals surface area contributed by atoms with E-state index < -0.39 is 0 Å². The van der Waals surface area contributed by atoms with Gasteiger partial charge < -0.3 is 0 Å². The molecule has 4 unspecified atom stereocenters.